The molecule has 14 heteroatoms. The van der Waals surface area contributed by atoms with Gasteiger partial charge in [0.1, 0.15) is 12.2 Å². The third-order valence-electron chi connectivity index (χ3n) is 5.85. The van der Waals surface area contributed by atoms with Crippen molar-refractivity contribution in [2.75, 3.05) is 13.2 Å². The van der Waals surface area contributed by atoms with Gasteiger partial charge in [0, 0.05) is 26.0 Å². The van der Waals surface area contributed by atoms with Crippen molar-refractivity contribution in [1.29, 1.82) is 0 Å². The lowest BCUT2D eigenvalue weighted by Crippen LogP contribution is -2.57. The van der Waals surface area contributed by atoms with Crippen LogP contribution in [0.4, 0.5) is 11.4 Å². The molecule has 6 atom stereocenters. The van der Waals surface area contributed by atoms with Gasteiger partial charge in [-0.15, -0.1) is 0 Å². The van der Waals surface area contributed by atoms with Gasteiger partial charge in [0.2, 0.25) is 0 Å². The Labute approximate surface area is 215 Å². The highest BCUT2D eigenvalue weighted by Crippen LogP contribution is 2.40. The zero-order valence-electron chi connectivity index (χ0n) is 20.3. The van der Waals surface area contributed by atoms with Gasteiger partial charge in [-0.05, 0) is 12.1 Å². The minimum Gasteiger partial charge on any atom is -0.457 e. The number of esters is 2. The van der Waals surface area contributed by atoms with Crippen LogP contribution in [-0.4, -0.2) is 59.4 Å². The lowest BCUT2D eigenvalue weighted by Gasteiger charge is -2.44. The highest BCUT2D eigenvalue weighted by molar-refractivity contribution is 5.66. The molecule has 6 unspecified atom stereocenters. The number of carbonyl (C=O) groups is 2. The van der Waals surface area contributed by atoms with E-state index < -0.39 is 58.8 Å². The molecular weight excluding hydrogens is 508 g/mol. The minimum atomic E-state index is -1.26. The van der Waals surface area contributed by atoms with Gasteiger partial charge in [-0.2, -0.15) is 0 Å². The van der Waals surface area contributed by atoms with Crippen LogP contribution in [0.15, 0.2) is 48.5 Å². The summed E-state index contributed by atoms with van der Waals surface area (Å²) in [5, 5.41) is 23.2. The van der Waals surface area contributed by atoms with E-state index in [1.54, 1.807) is 12.1 Å². The molecule has 2 aromatic carbocycles. The van der Waals surface area contributed by atoms with Crippen LogP contribution in [0, 0.1) is 20.2 Å². The molecule has 38 heavy (non-hydrogen) atoms. The average Bonchev–Trinajstić information content (AvgIpc) is 2.88. The smallest absolute Gasteiger partial charge is 0.303 e. The molecule has 2 saturated heterocycles. The Morgan fingerprint density at radius 3 is 1.45 bits per heavy atom. The maximum Gasteiger partial charge on any atom is 0.303 e. The number of para-hydroxylation sites is 2. The van der Waals surface area contributed by atoms with Gasteiger partial charge in [0.05, 0.1) is 34.2 Å². The third kappa shape index (κ3) is 5.94. The molecule has 0 bridgehead atoms. The van der Waals surface area contributed by atoms with E-state index in [0.717, 1.165) is 0 Å². The van der Waals surface area contributed by atoms with Crippen molar-refractivity contribution >= 4 is 23.3 Å². The van der Waals surface area contributed by atoms with Crippen molar-refractivity contribution < 1.29 is 47.9 Å². The fourth-order valence-electron chi connectivity index (χ4n) is 4.33. The van der Waals surface area contributed by atoms with Crippen molar-refractivity contribution in [3.05, 3.63) is 79.9 Å². The molecular formula is C24H24N2O12. The van der Waals surface area contributed by atoms with E-state index in [-0.39, 0.29) is 35.7 Å². The first-order valence-corrected chi connectivity index (χ1v) is 11.5. The Morgan fingerprint density at radius 2 is 1.11 bits per heavy atom. The summed E-state index contributed by atoms with van der Waals surface area (Å²) in [5.74, 6) is -1.33. The number of nitro groups is 2. The fraction of sp³-hybridized carbons (Fsp3) is 0.417. The molecule has 14 nitrogen and oxygen atoms in total. The number of nitro benzene ring substituents is 2. The second kappa shape index (κ2) is 11.6. The SMILES string of the molecule is CC(=O)OC1COC(c2ccccc2[N+](=O)[O-])OC1C1OC(c2ccccc2[N+](=O)[O-])OCC1OC(C)=O. The molecule has 4 rings (SSSR count). The Morgan fingerprint density at radius 1 is 0.737 bits per heavy atom. The van der Waals surface area contributed by atoms with E-state index in [0.29, 0.717) is 0 Å². The van der Waals surface area contributed by atoms with Crippen LogP contribution in [0.2, 0.25) is 0 Å². The molecule has 0 N–H and O–H groups in total. The lowest BCUT2D eigenvalue weighted by molar-refractivity contribution is -0.391. The van der Waals surface area contributed by atoms with Crippen LogP contribution in [0.25, 0.3) is 0 Å². The molecule has 2 aliphatic heterocycles. The first-order chi connectivity index (χ1) is 18.2. The highest BCUT2D eigenvalue weighted by Gasteiger charge is 2.49. The highest BCUT2D eigenvalue weighted by atomic mass is 16.8. The number of ether oxygens (including phenoxy) is 6. The number of hydrogen-bond donors (Lipinski definition) is 0. The molecule has 0 radical (unpaired) electrons. The molecule has 2 heterocycles. The second-order valence-electron chi connectivity index (χ2n) is 8.46. The number of benzene rings is 2. The Bertz CT molecular complexity index is 1130. The molecule has 0 aliphatic carbocycles. The van der Waals surface area contributed by atoms with Gasteiger partial charge < -0.3 is 28.4 Å². The molecule has 0 saturated carbocycles. The van der Waals surface area contributed by atoms with Gasteiger partial charge in [0.25, 0.3) is 11.4 Å². The third-order valence-corrected chi connectivity index (χ3v) is 5.85. The van der Waals surface area contributed by atoms with E-state index >= 15 is 0 Å². The zero-order valence-corrected chi connectivity index (χ0v) is 20.3. The van der Waals surface area contributed by atoms with Crippen molar-refractivity contribution in [2.24, 2.45) is 0 Å². The Kier molecular flexibility index (Phi) is 8.26. The summed E-state index contributed by atoms with van der Waals surface area (Å²) in [6.07, 6.45) is -7.00. The number of hydrogen-bond acceptors (Lipinski definition) is 12. The van der Waals surface area contributed by atoms with E-state index in [2.05, 4.69) is 0 Å². The van der Waals surface area contributed by atoms with Crippen LogP contribution < -0.4 is 0 Å². The van der Waals surface area contributed by atoms with E-state index in [9.17, 15) is 29.8 Å². The normalized spacial score (nSPS) is 27.2. The molecule has 2 aromatic rings. The van der Waals surface area contributed by atoms with Gasteiger partial charge in [-0.1, -0.05) is 24.3 Å². The molecule has 202 valence electrons. The first kappa shape index (κ1) is 27.1. The molecule has 0 spiro atoms. The van der Waals surface area contributed by atoms with E-state index in [1.165, 1.54) is 50.2 Å². The standard InChI is InChI=1S/C24H24N2O12/c1-13(27)35-19-11-33-23(15-7-3-5-9-17(15)25(29)30)37-21(19)22-20(36-14(2)28)12-34-24(38-22)16-8-4-6-10-18(16)26(31)32/h3-10,19-24H,11-12H2,1-2H3. The minimum absolute atomic E-state index is 0.107. The van der Waals surface area contributed by atoms with Crippen LogP contribution >= 0.6 is 0 Å². The lowest BCUT2D eigenvalue weighted by atomic mass is 9.99. The van der Waals surface area contributed by atoms with Crippen LogP contribution in [0.3, 0.4) is 0 Å². The maximum absolute atomic E-state index is 11.9. The summed E-state index contributed by atoms with van der Waals surface area (Å²) in [4.78, 5) is 45.7. The summed E-state index contributed by atoms with van der Waals surface area (Å²) >= 11 is 0. The van der Waals surface area contributed by atoms with Crippen LogP contribution in [0.5, 0.6) is 0 Å². The van der Waals surface area contributed by atoms with Crippen LogP contribution in [0.1, 0.15) is 37.6 Å². The van der Waals surface area contributed by atoms with Crippen molar-refractivity contribution in [1.82, 2.24) is 0 Å². The summed E-state index contributed by atoms with van der Waals surface area (Å²) < 4.78 is 34.3. The largest absolute Gasteiger partial charge is 0.457 e. The predicted molar refractivity (Wildman–Crippen MR) is 124 cm³/mol. The molecule has 0 aromatic heterocycles. The Balaban J connectivity index is 1.71. The summed E-state index contributed by atoms with van der Waals surface area (Å²) in [6, 6.07) is 11.6. The van der Waals surface area contributed by atoms with Crippen molar-refractivity contribution in [2.45, 2.75) is 50.8 Å². The summed E-state index contributed by atoms with van der Waals surface area (Å²) in [5.41, 5.74) is -0.306. The van der Waals surface area contributed by atoms with E-state index in [4.69, 9.17) is 28.4 Å². The second-order valence-corrected chi connectivity index (χ2v) is 8.46. The average molecular weight is 532 g/mol. The number of rotatable bonds is 7. The summed E-state index contributed by atoms with van der Waals surface area (Å²) in [7, 11) is 0. The van der Waals surface area contributed by atoms with Crippen molar-refractivity contribution in [3.63, 3.8) is 0 Å². The van der Waals surface area contributed by atoms with Gasteiger partial charge in [-0.25, -0.2) is 0 Å². The van der Waals surface area contributed by atoms with Gasteiger partial charge in [-0.3, -0.25) is 29.8 Å². The number of nitrogens with zero attached hydrogens (tertiary/aromatic N) is 2. The Hall–Kier alpha value is -3.98. The van der Waals surface area contributed by atoms with Gasteiger partial charge >= 0.3 is 11.9 Å². The predicted octanol–water partition coefficient (Wildman–Crippen LogP) is 2.89. The summed E-state index contributed by atoms with van der Waals surface area (Å²) in [6.45, 7) is 1.89. The van der Waals surface area contributed by atoms with Crippen molar-refractivity contribution in [3.8, 4) is 0 Å². The molecule has 0 amide bonds. The monoisotopic (exact) mass is 532 g/mol. The van der Waals surface area contributed by atoms with Gasteiger partial charge in [0.15, 0.2) is 24.8 Å². The quantitative estimate of drug-likeness (QED) is 0.290. The fourth-order valence-corrected chi connectivity index (χ4v) is 4.33. The zero-order chi connectivity index (χ0) is 27.4. The molecule has 2 aliphatic rings. The maximum atomic E-state index is 11.9. The first-order valence-electron chi connectivity index (χ1n) is 11.5. The van der Waals surface area contributed by atoms with Crippen LogP contribution in [-0.2, 0) is 38.0 Å². The topological polar surface area (TPSA) is 176 Å². The van der Waals surface area contributed by atoms with E-state index in [1.807, 2.05) is 0 Å². The number of carbonyl (C=O) groups excluding carboxylic acids is 2. The molecule has 2 fully saturated rings.